The molecule has 0 bridgehead atoms. The topological polar surface area (TPSA) is 12.0 Å². The number of nitrogens with one attached hydrogen (secondary N) is 1. The van der Waals surface area contributed by atoms with Crippen LogP contribution < -0.4 is 5.32 Å². The summed E-state index contributed by atoms with van der Waals surface area (Å²) in [5.74, 6) is -4.01. The lowest BCUT2D eigenvalue weighted by Crippen LogP contribution is -2.42. The third-order valence-corrected chi connectivity index (χ3v) is 3.20. The molecule has 0 radical (unpaired) electrons. The molecule has 1 aromatic rings. The zero-order valence-corrected chi connectivity index (χ0v) is 9.40. The van der Waals surface area contributed by atoms with Gasteiger partial charge in [-0.05, 0) is 25.5 Å². The molecule has 2 unspecified atom stereocenters. The maximum atomic E-state index is 13.6. The molecule has 2 atom stereocenters. The lowest BCUT2D eigenvalue weighted by molar-refractivity contribution is -0.189. The Morgan fingerprint density at radius 3 is 2.56 bits per heavy atom. The van der Waals surface area contributed by atoms with Crippen molar-refractivity contribution in [2.75, 3.05) is 6.54 Å². The first-order valence-corrected chi connectivity index (χ1v) is 5.65. The largest absolute Gasteiger partial charge is 0.393 e. The van der Waals surface area contributed by atoms with Crippen LogP contribution in [-0.2, 0) is 0 Å². The Balaban J connectivity index is 2.37. The molecule has 0 amide bonds. The van der Waals surface area contributed by atoms with Crippen LogP contribution in [0.5, 0.6) is 0 Å². The van der Waals surface area contributed by atoms with E-state index < -0.39 is 29.8 Å². The SMILES string of the molecule is Fc1cccc(C2NCCCC2C(F)(F)F)c1F. The zero-order valence-electron chi connectivity index (χ0n) is 9.40. The Hall–Kier alpha value is -1.17. The highest BCUT2D eigenvalue weighted by Gasteiger charge is 2.46. The normalized spacial score (nSPS) is 25.2. The van der Waals surface area contributed by atoms with Crippen LogP contribution in [0.4, 0.5) is 22.0 Å². The molecule has 1 aromatic carbocycles. The van der Waals surface area contributed by atoms with E-state index in [2.05, 4.69) is 5.32 Å². The van der Waals surface area contributed by atoms with Crippen molar-refractivity contribution in [3.8, 4) is 0 Å². The van der Waals surface area contributed by atoms with Gasteiger partial charge in [0.25, 0.3) is 0 Å². The van der Waals surface area contributed by atoms with Gasteiger partial charge in [-0.2, -0.15) is 13.2 Å². The number of hydrogen-bond acceptors (Lipinski definition) is 1. The van der Waals surface area contributed by atoms with Crippen molar-refractivity contribution in [1.29, 1.82) is 0 Å². The summed E-state index contributed by atoms with van der Waals surface area (Å²) in [5, 5.41) is 2.63. The summed E-state index contributed by atoms with van der Waals surface area (Å²) >= 11 is 0. The average molecular weight is 265 g/mol. The first kappa shape index (κ1) is 13.3. The van der Waals surface area contributed by atoms with Gasteiger partial charge in [-0.15, -0.1) is 0 Å². The third-order valence-electron chi connectivity index (χ3n) is 3.20. The molecule has 1 fully saturated rings. The highest BCUT2D eigenvalue weighted by atomic mass is 19.4. The maximum absolute atomic E-state index is 13.6. The molecule has 1 saturated heterocycles. The van der Waals surface area contributed by atoms with Crippen molar-refractivity contribution < 1.29 is 22.0 Å². The molecule has 0 saturated carbocycles. The molecule has 1 aliphatic heterocycles. The van der Waals surface area contributed by atoms with Crippen LogP contribution in [-0.4, -0.2) is 12.7 Å². The van der Waals surface area contributed by atoms with E-state index in [4.69, 9.17) is 0 Å². The van der Waals surface area contributed by atoms with Gasteiger partial charge in [0, 0.05) is 11.6 Å². The Bertz CT molecular complexity index is 429. The summed E-state index contributed by atoms with van der Waals surface area (Å²) in [4.78, 5) is 0. The van der Waals surface area contributed by atoms with Gasteiger partial charge in [0.1, 0.15) is 0 Å². The summed E-state index contributed by atoms with van der Waals surface area (Å²) < 4.78 is 65.2. The molecule has 0 aromatic heterocycles. The van der Waals surface area contributed by atoms with Crippen molar-refractivity contribution in [3.63, 3.8) is 0 Å². The summed E-state index contributed by atoms with van der Waals surface area (Å²) in [6.07, 6.45) is -4.12. The fraction of sp³-hybridized carbons (Fsp3) is 0.500. The van der Waals surface area contributed by atoms with E-state index >= 15 is 0 Å². The van der Waals surface area contributed by atoms with Crippen LogP contribution in [0.2, 0.25) is 0 Å². The van der Waals surface area contributed by atoms with E-state index in [9.17, 15) is 22.0 Å². The number of benzene rings is 1. The van der Waals surface area contributed by atoms with Crippen LogP contribution >= 0.6 is 0 Å². The first-order chi connectivity index (χ1) is 8.41. The Morgan fingerprint density at radius 1 is 1.17 bits per heavy atom. The molecule has 1 aliphatic rings. The van der Waals surface area contributed by atoms with Crippen molar-refractivity contribution >= 4 is 0 Å². The van der Waals surface area contributed by atoms with Gasteiger partial charge in [0.2, 0.25) is 0 Å². The van der Waals surface area contributed by atoms with E-state index in [1.807, 2.05) is 0 Å². The molecule has 1 N–H and O–H groups in total. The van der Waals surface area contributed by atoms with Gasteiger partial charge in [0.05, 0.1) is 5.92 Å². The molecule has 6 heteroatoms. The highest BCUT2D eigenvalue weighted by Crippen LogP contribution is 2.41. The van der Waals surface area contributed by atoms with E-state index in [1.54, 1.807) is 0 Å². The fourth-order valence-electron chi connectivity index (χ4n) is 2.33. The van der Waals surface area contributed by atoms with Gasteiger partial charge in [-0.25, -0.2) is 8.78 Å². The van der Waals surface area contributed by atoms with Crippen LogP contribution in [0.15, 0.2) is 18.2 Å². The predicted octanol–water partition coefficient (Wildman–Crippen LogP) is 3.57. The second kappa shape index (κ2) is 4.84. The van der Waals surface area contributed by atoms with Crippen molar-refractivity contribution in [1.82, 2.24) is 5.32 Å². The van der Waals surface area contributed by atoms with Crippen molar-refractivity contribution in [2.45, 2.75) is 25.1 Å². The molecule has 0 aliphatic carbocycles. The lowest BCUT2D eigenvalue weighted by atomic mass is 9.85. The van der Waals surface area contributed by atoms with Gasteiger partial charge in [0.15, 0.2) is 11.6 Å². The molecule has 1 nitrogen and oxygen atoms in total. The molecule has 18 heavy (non-hydrogen) atoms. The van der Waals surface area contributed by atoms with E-state index in [-0.39, 0.29) is 12.0 Å². The van der Waals surface area contributed by atoms with Crippen LogP contribution in [0.25, 0.3) is 0 Å². The quantitative estimate of drug-likeness (QED) is 0.765. The average Bonchev–Trinajstić information content (AvgIpc) is 2.32. The van der Waals surface area contributed by atoms with Gasteiger partial charge < -0.3 is 5.32 Å². The second-order valence-electron chi connectivity index (χ2n) is 4.37. The molecule has 1 heterocycles. The fourth-order valence-corrected chi connectivity index (χ4v) is 2.33. The second-order valence-corrected chi connectivity index (χ2v) is 4.37. The minimum Gasteiger partial charge on any atom is -0.309 e. The standard InChI is InChI=1S/C12H12F5N/c13-9-5-1-3-7(10(9)14)11-8(12(15,16)17)4-2-6-18-11/h1,3,5,8,11,18H,2,4,6H2. The number of piperidine rings is 1. The van der Waals surface area contributed by atoms with E-state index in [0.717, 1.165) is 6.07 Å². The predicted molar refractivity (Wildman–Crippen MR) is 55.9 cm³/mol. The number of halogens is 5. The molecule has 2 rings (SSSR count). The van der Waals surface area contributed by atoms with E-state index in [1.165, 1.54) is 12.1 Å². The maximum Gasteiger partial charge on any atom is 0.393 e. The summed E-state index contributed by atoms with van der Waals surface area (Å²) in [7, 11) is 0. The molecular formula is C12H12F5N. The van der Waals surface area contributed by atoms with Gasteiger partial charge in [-0.1, -0.05) is 12.1 Å². The van der Waals surface area contributed by atoms with E-state index in [0.29, 0.717) is 13.0 Å². The number of alkyl halides is 3. The van der Waals surface area contributed by atoms with Gasteiger partial charge >= 0.3 is 6.18 Å². The highest BCUT2D eigenvalue weighted by molar-refractivity contribution is 5.24. The molecule has 100 valence electrons. The minimum atomic E-state index is -4.42. The summed E-state index contributed by atoms with van der Waals surface area (Å²) in [5.41, 5.74) is -0.253. The van der Waals surface area contributed by atoms with Crippen molar-refractivity contribution in [3.05, 3.63) is 35.4 Å². The molecule has 0 spiro atoms. The summed E-state index contributed by atoms with van der Waals surface area (Å²) in [6.45, 7) is 0.368. The van der Waals surface area contributed by atoms with Crippen LogP contribution in [0.3, 0.4) is 0 Å². The number of hydrogen-bond donors (Lipinski definition) is 1. The molecular weight excluding hydrogens is 253 g/mol. The third kappa shape index (κ3) is 2.48. The van der Waals surface area contributed by atoms with Crippen LogP contribution in [0, 0.1) is 17.6 Å². The van der Waals surface area contributed by atoms with Crippen molar-refractivity contribution in [2.24, 2.45) is 5.92 Å². The lowest BCUT2D eigenvalue weighted by Gasteiger charge is -2.34. The Morgan fingerprint density at radius 2 is 1.89 bits per heavy atom. The van der Waals surface area contributed by atoms with Gasteiger partial charge in [-0.3, -0.25) is 0 Å². The smallest absolute Gasteiger partial charge is 0.309 e. The monoisotopic (exact) mass is 265 g/mol. The first-order valence-electron chi connectivity index (χ1n) is 5.65. The minimum absolute atomic E-state index is 0.0723. The number of rotatable bonds is 1. The summed E-state index contributed by atoms with van der Waals surface area (Å²) in [6, 6.07) is 2.09. The zero-order chi connectivity index (χ0) is 13.3. The Kier molecular flexibility index (Phi) is 3.56. The Labute approximate surface area is 101 Å². The van der Waals surface area contributed by atoms with Crippen LogP contribution in [0.1, 0.15) is 24.4 Å².